The van der Waals surface area contributed by atoms with Gasteiger partial charge in [0.05, 0.1) is 24.6 Å². The number of fused-ring (bicyclic) bond motifs is 1. The Morgan fingerprint density at radius 1 is 1.00 bits per heavy atom. The summed E-state index contributed by atoms with van der Waals surface area (Å²) >= 11 is 0. The molecule has 0 saturated carbocycles. The number of benzene rings is 3. The number of para-hydroxylation sites is 3. The van der Waals surface area contributed by atoms with Gasteiger partial charge in [0.2, 0.25) is 17.7 Å². The number of carbonyl (C=O) groups excluding carboxylic acids is 4. The lowest BCUT2D eigenvalue weighted by molar-refractivity contribution is -0.136. The molecule has 250 valence electrons. The summed E-state index contributed by atoms with van der Waals surface area (Å²) in [4.78, 5) is 55.0. The second-order valence-electron chi connectivity index (χ2n) is 11.8. The Morgan fingerprint density at radius 2 is 1.72 bits per heavy atom. The van der Waals surface area contributed by atoms with Crippen LogP contribution in [0.3, 0.4) is 0 Å². The number of carbonyl (C=O) groups is 4. The summed E-state index contributed by atoms with van der Waals surface area (Å²) in [6, 6.07) is 16.4. The van der Waals surface area contributed by atoms with Gasteiger partial charge >= 0.3 is 0 Å². The lowest BCUT2D eigenvalue weighted by atomic mass is 10.0. The first-order chi connectivity index (χ1) is 22.5. The average molecular weight is 649 g/mol. The van der Waals surface area contributed by atoms with Gasteiger partial charge in [0, 0.05) is 13.1 Å². The first-order valence-electron chi connectivity index (χ1n) is 15.5. The van der Waals surface area contributed by atoms with Crippen molar-refractivity contribution in [3.63, 3.8) is 0 Å². The number of nitrogens with zero attached hydrogens (tertiary/aromatic N) is 1. The van der Waals surface area contributed by atoms with E-state index in [1.54, 1.807) is 68.6 Å². The van der Waals surface area contributed by atoms with E-state index in [4.69, 9.17) is 14.2 Å². The molecular weight excluding hydrogens is 607 g/mol. The van der Waals surface area contributed by atoms with Crippen LogP contribution >= 0.6 is 0 Å². The summed E-state index contributed by atoms with van der Waals surface area (Å²) in [5, 5.41) is 8.24. The van der Waals surface area contributed by atoms with E-state index in [1.165, 1.54) is 23.1 Å². The van der Waals surface area contributed by atoms with Crippen molar-refractivity contribution < 1.29 is 37.8 Å². The molecule has 1 aliphatic heterocycles. The first kappa shape index (κ1) is 34.7. The maximum Gasteiger partial charge on any atom is 0.255 e. The standard InChI is InChI=1S/C35H41FN4O7/c1-22(2)18-28-35(44)40(4)16-17-45-29-13-6-5-12-26(29)33(42)39-27(20-32(41)38-28)34(43)37-23(3)21-46-30-14-7-8-15-31(30)47-25-11-9-10-24(36)19-25/h5-15,19,22-23,27-28H,16-18,20-21H2,1-4H3,(H,37,43)(H,38,41)(H,39,42)/t23-,27+,28-/m1/s1. The molecule has 0 radical (unpaired) electrons. The van der Waals surface area contributed by atoms with Crippen molar-refractivity contribution in [1.82, 2.24) is 20.9 Å². The Hall–Kier alpha value is -5.13. The highest BCUT2D eigenvalue weighted by molar-refractivity contribution is 6.01. The second kappa shape index (κ2) is 16.4. The van der Waals surface area contributed by atoms with Gasteiger partial charge in [-0.1, -0.05) is 44.2 Å². The van der Waals surface area contributed by atoms with E-state index in [0.29, 0.717) is 23.7 Å². The van der Waals surface area contributed by atoms with E-state index in [1.807, 2.05) is 13.8 Å². The zero-order valence-electron chi connectivity index (χ0n) is 27.0. The van der Waals surface area contributed by atoms with Crippen LogP contribution in [0, 0.1) is 11.7 Å². The van der Waals surface area contributed by atoms with E-state index >= 15 is 0 Å². The van der Waals surface area contributed by atoms with Gasteiger partial charge < -0.3 is 35.1 Å². The molecule has 0 spiro atoms. The maximum atomic E-state index is 13.7. The fourth-order valence-electron chi connectivity index (χ4n) is 4.94. The smallest absolute Gasteiger partial charge is 0.255 e. The summed E-state index contributed by atoms with van der Waals surface area (Å²) < 4.78 is 31.2. The number of hydrogen-bond donors (Lipinski definition) is 3. The van der Waals surface area contributed by atoms with Crippen LogP contribution in [-0.2, 0) is 14.4 Å². The summed E-state index contributed by atoms with van der Waals surface area (Å²) in [7, 11) is 1.63. The van der Waals surface area contributed by atoms with E-state index < -0.39 is 48.1 Å². The first-order valence-corrected chi connectivity index (χ1v) is 15.5. The van der Waals surface area contributed by atoms with Crippen molar-refractivity contribution in [1.29, 1.82) is 0 Å². The molecule has 0 bridgehead atoms. The van der Waals surface area contributed by atoms with Crippen LogP contribution in [-0.4, -0.2) is 73.5 Å². The number of ether oxygens (including phenoxy) is 3. The molecule has 3 aromatic rings. The predicted molar refractivity (Wildman–Crippen MR) is 173 cm³/mol. The van der Waals surface area contributed by atoms with Gasteiger partial charge in [0.1, 0.15) is 42.6 Å². The van der Waals surface area contributed by atoms with Crippen LogP contribution in [0.1, 0.15) is 44.0 Å². The minimum atomic E-state index is -1.28. The summed E-state index contributed by atoms with van der Waals surface area (Å²) in [5.74, 6) is -1.11. The molecule has 0 aliphatic carbocycles. The summed E-state index contributed by atoms with van der Waals surface area (Å²) in [6.07, 6.45) is -0.0231. The Balaban J connectivity index is 1.49. The van der Waals surface area contributed by atoms with Gasteiger partial charge in [-0.05, 0) is 55.7 Å². The van der Waals surface area contributed by atoms with Crippen molar-refractivity contribution in [3.05, 3.63) is 84.2 Å². The van der Waals surface area contributed by atoms with Gasteiger partial charge in [0.25, 0.3) is 5.91 Å². The minimum absolute atomic E-state index is 0.0100. The number of nitrogens with one attached hydrogen (secondary N) is 3. The molecule has 0 aromatic heterocycles. The van der Waals surface area contributed by atoms with Gasteiger partial charge in [-0.2, -0.15) is 0 Å². The molecular formula is C35H41FN4O7. The molecule has 0 fully saturated rings. The predicted octanol–water partition coefficient (Wildman–Crippen LogP) is 4.07. The number of rotatable bonds is 9. The maximum absolute atomic E-state index is 13.7. The van der Waals surface area contributed by atoms with Crippen LogP contribution in [0.4, 0.5) is 4.39 Å². The molecule has 4 amide bonds. The third-order valence-electron chi connectivity index (χ3n) is 7.29. The van der Waals surface area contributed by atoms with Gasteiger partial charge in [0.15, 0.2) is 11.5 Å². The van der Waals surface area contributed by atoms with E-state index in [9.17, 15) is 23.6 Å². The van der Waals surface area contributed by atoms with E-state index in [-0.39, 0.29) is 42.9 Å². The topological polar surface area (TPSA) is 135 Å². The highest BCUT2D eigenvalue weighted by Gasteiger charge is 2.30. The molecule has 3 aromatic carbocycles. The molecule has 12 heteroatoms. The van der Waals surface area contributed by atoms with Gasteiger partial charge in [-0.25, -0.2) is 4.39 Å². The van der Waals surface area contributed by atoms with Gasteiger partial charge in [-0.3, -0.25) is 19.2 Å². The van der Waals surface area contributed by atoms with Crippen LogP contribution in [0.15, 0.2) is 72.8 Å². The van der Waals surface area contributed by atoms with Crippen LogP contribution in [0.25, 0.3) is 0 Å². The quantitative estimate of drug-likeness (QED) is 0.318. The van der Waals surface area contributed by atoms with Crippen molar-refractivity contribution in [2.24, 2.45) is 5.92 Å². The number of amides is 4. The lowest BCUT2D eigenvalue weighted by Crippen LogP contribution is -2.54. The third kappa shape index (κ3) is 10.2. The minimum Gasteiger partial charge on any atom is -0.491 e. The summed E-state index contributed by atoms with van der Waals surface area (Å²) in [6.45, 7) is 5.96. The third-order valence-corrected chi connectivity index (χ3v) is 7.29. The van der Waals surface area contributed by atoms with Crippen molar-refractivity contribution >= 4 is 23.6 Å². The fraction of sp³-hybridized carbons (Fsp3) is 0.371. The number of halogens is 1. The number of likely N-dealkylation sites (N-methyl/N-ethyl adjacent to an activating group) is 1. The van der Waals surface area contributed by atoms with Crippen LogP contribution in [0.2, 0.25) is 0 Å². The van der Waals surface area contributed by atoms with Crippen molar-refractivity contribution in [2.75, 3.05) is 26.8 Å². The molecule has 0 unspecified atom stereocenters. The Kier molecular flexibility index (Phi) is 12.1. The average Bonchev–Trinajstić information content (AvgIpc) is 3.03. The lowest BCUT2D eigenvalue weighted by Gasteiger charge is -2.27. The number of hydrogen-bond acceptors (Lipinski definition) is 7. The normalized spacial score (nSPS) is 18.2. The molecule has 3 N–H and O–H groups in total. The van der Waals surface area contributed by atoms with E-state index in [2.05, 4.69) is 16.0 Å². The Morgan fingerprint density at radius 3 is 2.47 bits per heavy atom. The molecule has 1 heterocycles. The molecule has 3 atom stereocenters. The summed E-state index contributed by atoms with van der Waals surface area (Å²) in [5.41, 5.74) is 0.181. The molecule has 47 heavy (non-hydrogen) atoms. The molecule has 4 rings (SSSR count). The fourth-order valence-corrected chi connectivity index (χ4v) is 4.94. The Bertz CT molecular complexity index is 1570. The van der Waals surface area contributed by atoms with Gasteiger partial charge in [-0.15, -0.1) is 0 Å². The largest absolute Gasteiger partial charge is 0.491 e. The monoisotopic (exact) mass is 648 g/mol. The van der Waals surface area contributed by atoms with Crippen LogP contribution in [0.5, 0.6) is 23.0 Å². The molecule has 0 saturated heterocycles. The molecule has 11 nitrogen and oxygen atoms in total. The van der Waals surface area contributed by atoms with Crippen molar-refractivity contribution in [2.45, 2.75) is 51.7 Å². The molecule has 1 aliphatic rings. The zero-order chi connectivity index (χ0) is 33.9. The highest BCUT2D eigenvalue weighted by Crippen LogP contribution is 2.31. The van der Waals surface area contributed by atoms with E-state index in [0.717, 1.165) is 0 Å². The second-order valence-corrected chi connectivity index (χ2v) is 11.8. The Labute approximate surface area is 273 Å². The van der Waals surface area contributed by atoms with Crippen molar-refractivity contribution in [3.8, 4) is 23.0 Å². The zero-order valence-corrected chi connectivity index (χ0v) is 27.0. The SMILES string of the molecule is CC(C)C[C@H]1NC(=O)C[C@@H](C(=O)N[C@H](C)COc2ccccc2Oc2cccc(F)c2)NC(=O)c2ccccc2OCCN(C)C1=O. The highest BCUT2D eigenvalue weighted by atomic mass is 19.1. The van der Waals surface area contributed by atoms with Crippen LogP contribution < -0.4 is 30.2 Å².